The molecule has 1 N–H and O–H groups in total. The van der Waals surface area contributed by atoms with Crippen LogP contribution in [-0.2, 0) is 0 Å². The Morgan fingerprint density at radius 2 is 1.88 bits per heavy atom. The third kappa shape index (κ3) is 3.71. The minimum Gasteiger partial charge on any atom is -0.340 e. The fraction of sp³-hybridized carbons (Fsp3) is 0.0526. The van der Waals surface area contributed by atoms with E-state index in [4.69, 9.17) is 16.6 Å². The molecule has 4 rings (SSSR count). The Balaban J connectivity index is 1.61. The highest BCUT2D eigenvalue weighted by Crippen LogP contribution is 2.29. The van der Waals surface area contributed by atoms with E-state index in [1.807, 2.05) is 60.8 Å². The van der Waals surface area contributed by atoms with Crippen molar-refractivity contribution in [1.82, 2.24) is 19.9 Å². The zero-order chi connectivity index (χ0) is 17.9. The summed E-state index contributed by atoms with van der Waals surface area (Å²) in [6.07, 6.45) is 1.77. The van der Waals surface area contributed by atoms with E-state index in [1.54, 1.807) is 17.5 Å². The monoisotopic (exact) mass is 379 g/mol. The van der Waals surface area contributed by atoms with Crippen LogP contribution in [0.15, 0.2) is 60.1 Å². The number of halogens is 1. The molecular formula is C19H14ClN5S. The summed E-state index contributed by atoms with van der Waals surface area (Å²) in [5, 5.41) is 6.42. The van der Waals surface area contributed by atoms with Crippen LogP contribution in [0.5, 0.6) is 0 Å². The van der Waals surface area contributed by atoms with E-state index in [0.717, 1.165) is 33.3 Å². The summed E-state index contributed by atoms with van der Waals surface area (Å²) in [6, 6.07) is 15.7. The van der Waals surface area contributed by atoms with Crippen LogP contribution in [0, 0.1) is 6.92 Å². The Hall–Kier alpha value is -2.83. The fourth-order valence-corrected chi connectivity index (χ4v) is 3.54. The molecule has 0 fully saturated rings. The van der Waals surface area contributed by atoms with Crippen molar-refractivity contribution in [2.45, 2.75) is 6.92 Å². The number of aryl methyl sites for hydroxylation is 1. The van der Waals surface area contributed by atoms with Gasteiger partial charge in [-0.05, 0) is 42.8 Å². The van der Waals surface area contributed by atoms with Gasteiger partial charge in [0.2, 0.25) is 5.28 Å². The normalized spacial score (nSPS) is 10.7. The molecule has 3 aromatic heterocycles. The molecule has 0 amide bonds. The molecule has 0 unspecified atom stereocenters. The Kier molecular flexibility index (Phi) is 4.60. The molecule has 0 radical (unpaired) electrons. The molecular weight excluding hydrogens is 366 g/mol. The molecule has 26 heavy (non-hydrogen) atoms. The van der Waals surface area contributed by atoms with Gasteiger partial charge in [0.25, 0.3) is 0 Å². The van der Waals surface area contributed by atoms with Crippen LogP contribution in [-0.4, -0.2) is 19.9 Å². The Bertz CT molecular complexity index is 1030. The van der Waals surface area contributed by atoms with Gasteiger partial charge in [0.15, 0.2) is 0 Å². The van der Waals surface area contributed by atoms with Crippen molar-refractivity contribution >= 4 is 34.4 Å². The average Bonchev–Trinajstić information content (AvgIpc) is 3.12. The van der Waals surface area contributed by atoms with Gasteiger partial charge in [-0.1, -0.05) is 18.2 Å². The highest BCUT2D eigenvalue weighted by Gasteiger charge is 2.08. The van der Waals surface area contributed by atoms with E-state index in [1.165, 1.54) is 0 Å². The molecule has 0 spiro atoms. The first-order chi connectivity index (χ1) is 12.7. The summed E-state index contributed by atoms with van der Waals surface area (Å²) < 4.78 is 0. The molecule has 0 saturated heterocycles. The average molecular weight is 380 g/mol. The number of thiazole rings is 1. The number of hydrogen-bond donors (Lipinski definition) is 1. The minimum absolute atomic E-state index is 0.225. The van der Waals surface area contributed by atoms with Crippen molar-refractivity contribution in [1.29, 1.82) is 0 Å². The van der Waals surface area contributed by atoms with Crippen LogP contribution in [0.4, 0.5) is 11.5 Å². The third-order valence-electron chi connectivity index (χ3n) is 3.65. The summed E-state index contributed by atoms with van der Waals surface area (Å²) in [6.45, 7) is 1.88. The maximum atomic E-state index is 5.93. The van der Waals surface area contributed by atoms with E-state index in [0.29, 0.717) is 5.82 Å². The smallest absolute Gasteiger partial charge is 0.224 e. The maximum absolute atomic E-state index is 5.93. The van der Waals surface area contributed by atoms with E-state index in [-0.39, 0.29) is 5.28 Å². The van der Waals surface area contributed by atoms with Gasteiger partial charge in [0.05, 0.1) is 11.4 Å². The molecule has 1 aromatic carbocycles. The topological polar surface area (TPSA) is 63.6 Å². The Morgan fingerprint density at radius 1 is 0.962 bits per heavy atom. The van der Waals surface area contributed by atoms with Gasteiger partial charge in [-0.25, -0.2) is 15.0 Å². The van der Waals surface area contributed by atoms with Crippen LogP contribution in [0.25, 0.3) is 22.0 Å². The number of pyridine rings is 1. The second-order valence-corrected chi connectivity index (χ2v) is 6.82. The summed E-state index contributed by atoms with van der Waals surface area (Å²) >= 11 is 7.51. The van der Waals surface area contributed by atoms with Gasteiger partial charge in [-0.3, -0.25) is 4.98 Å². The number of benzene rings is 1. The lowest BCUT2D eigenvalue weighted by atomic mass is 10.1. The SMILES string of the molecule is Cc1cc(Nc2cccc(-c3csc(-c4ccccn4)n3)c2)nc(Cl)n1. The standard InChI is InChI=1S/C19H14ClN5S/c1-12-9-17(25-19(20)22-12)23-14-6-4-5-13(10-14)16-11-26-18(24-16)15-7-2-3-8-21-15/h2-11H,1H3,(H,22,23,25). The molecule has 0 saturated carbocycles. The Labute approximate surface area is 159 Å². The van der Waals surface area contributed by atoms with Gasteiger partial charge in [0, 0.05) is 34.6 Å². The first kappa shape index (κ1) is 16.6. The quantitative estimate of drug-likeness (QED) is 0.483. The lowest BCUT2D eigenvalue weighted by Crippen LogP contribution is -1.97. The maximum Gasteiger partial charge on any atom is 0.224 e. The van der Waals surface area contributed by atoms with Gasteiger partial charge < -0.3 is 5.32 Å². The molecule has 3 heterocycles. The first-order valence-electron chi connectivity index (χ1n) is 7.93. The van der Waals surface area contributed by atoms with Gasteiger partial charge in [0.1, 0.15) is 10.8 Å². The predicted octanol–water partition coefficient (Wildman–Crippen LogP) is 5.37. The van der Waals surface area contributed by atoms with Crippen molar-refractivity contribution in [2.75, 3.05) is 5.32 Å². The van der Waals surface area contributed by atoms with Crippen LogP contribution in [0.2, 0.25) is 5.28 Å². The van der Waals surface area contributed by atoms with Crippen molar-refractivity contribution < 1.29 is 0 Å². The van der Waals surface area contributed by atoms with E-state index in [2.05, 4.69) is 20.3 Å². The zero-order valence-corrected chi connectivity index (χ0v) is 15.4. The molecule has 0 aliphatic heterocycles. The second kappa shape index (κ2) is 7.19. The van der Waals surface area contributed by atoms with Crippen LogP contribution in [0.3, 0.4) is 0 Å². The third-order valence-corrected chi connectivity index (χ3v) is 4.68. The molecule has 0 aliphatic rings. The number of nitrogens with one attached hydrogen (secondary N) is 1. The number of rotatable bonds is 4. The second-order valence-electron chi connectivity index (χ2n) is 5.62. The van der Waals surface area contributed by atoms with Gasteiger partial charge in [-0.15, -0.1) is 11.3 Å². The summed E-state index contributed by atoms with van der Waals surface area (Å²) in [5.41, 5.74) is 4.53. The van der Waals surface area contributed by atoms with Gasteiger partial charge >= 0.3 is 0 Å². The predicted molar refractivity (Wildman–Crippen MR) is 106 cm³/mol. The molecule has 7 heteroatoms. The molecule has 0 bridgehead atoms. The van der Waals surface area contributed by atoms with Crippen LogP contribution in [0.1, 0.15) is 5.69 Å². The van der Waals surface area contributed by atoms with Crippen LogP contribution < -0.4 is 5.32 Å². The van der Waals surface area contributed by atoms with Crippen molar-refractivity contribution in [3.8, 4) is 22.0 Å². The highest BCUT2D eigenvalue weighted by molar-refractivity contribution is 7.13. The lowest BCUT2D eigenvalue weighted by Gasteiger charge is -2.08. The van der Waals surface area contributed by atoms with E-state index >= 15 is 0 Å². The van der Waals surface area contributed by atoms with Crippen molar-refractivity contribution in [2.24, 2.45) is 0 Å². The number of anilines is 2. The summed E-state index contributed by atoms with van der Waals surface area (Å²) in [4.78, 5) is 17.3. The lowest BCUT2D eigenvalue weighted by molar-refractivity contribution is 1.10. The number of nitrogens with zero attached hydrogens (tertiary/aromatic N) is 4. The van der Waals surface area contributed by atoms with Crippen molar-refractivity contribution in [3.63, 3.8) is 0 Å². The fourth-order valence-electron chi connectivity index (χ4n) is 2.51. The first-order valence-corrected chi connectivity index (χ1v) is 9.19. The van der Waals surface area contributed by atoms with E-state index in [9.17, 15) is 0 Å². The zero-order valence-electron chi connectivity index (χ0n) is 13.8. The summed E-state index contributed by atoms with van der Waals surface area (Å²) in [5.74, 6) is 0.659. The minimum atomic E-state index is 0.225. The molecule has 0 aliphatic carbocycles. The molecule has 128 valence electrons. The molecule has 5 nitrogen and oxygen atoms in total. The Morgan fingerprint density at radius 3 is 2.69 bits per heavy atom. The van der Waals surface area contributed by atoms with Crippen LogP contribution >= 0.6 is 22.9 Å². The number of hydrogen-bond acceptors (Lipinski definition) is 6. The molecule has 0 atom stereocenters. The highest BCUT2D eigenvalue weighted by atomic mass is 35.5. The summed E-state index contributed by atoms with van der Waals surface area (Å²) in [7, 11) is 0. The van der Waals surface area contributed by atoms with Crippen molar-refractivity contribution in [3.05, 3.63) is 71.1 Å². The number of aromatic nitrogens is 4. The van der Waals surface area contributed by atoms with Gasteiger partial charge in [-0.2, -0.15) is 0 Å². The van der Waals surface area contributed by atoms with E-state index < -0.39 is 0 Å². The largest absolute Gasteiger partial charge is 0.340 e. The molecule has 4 aromatic rings.